The molecule has 0 radical (unpaired) electrons. The number of Topliss-reactive ketones (excluding diaryl/α,β-unsaturated/α-hetero) is 1. The van der Waals surface area contributed by atoms with Gasteiger partial charge in [0.05, 0.1) is 5.56 Å². The summed E-state index contributed by atoms with van der Waals surface area (Å²) in [5, 5.41) is 3.64. The molecule has 9 heteroatoms. The predicted octanol–water partition coefficient (Wildman–Crippen LogP) is 6.06. The first kappa shape index (κ1) is 22.4. The van der Waals surface area contributed by atoms with Gasteiger partial charge in [0, 0.05) is 34.4 Å². The van der Waals surface area contributed by atoms with Crippen LogP contribution < -0.4 is 10.1 Å². The summed E-state index contributed by atoms with van der Waals surface area (Å²) in [6.07, 6.45) is -3.21. The average molecular weight is 473 g/mol. The second-order valence-electron chi connectivity index (χ2n) is 7.17. The van der Waals surface area contributed by atoms with Crippen molar-refractivity contribution in [2.75, 3.05) is 5.32 Å². The molecule has 168 valence electrons. The minimum Gasteiger partial charge on any atom is -0.406 e. The lowest BCUT2D eigenvalue weighted by molar-refractivity contribution is -0.274. The Balaban J connectivity index is 1.55. The van der Waals surface area contributed by atoms with Gasteiger partial charge in [-0.3, -0.25) is 9.59 Å². The summed E-state index contributed by atoms with van der Waals surface area (Å²) in [5.41, 5.74) is 2.11. The number of benzene rings is 3. The maximum atomic E-state index is 12.9. The van der Waals surface area contributed by atoms with Crippen molar-refractivity contribution in [3.63, 3.8) is 0 Å². The Morgan fingerprint density at radius 2 is 1.61 bits per heavy atom. The van der Waals surface area contributed by atoms with Crippen molar-refractivity contribution in [1.29, 1.82) is 0 Å². The van der Waals surface area contributed by atoms with E-state index in [1.54, 1.807) is 30.5 Å². The zero-order valence-electron chi connectivity index (χ0n) is 16.9. The lowest BCUT2D eigenvalue weighted by atomic mass is 10.1. The van der Waals surface area contributed by atoms with Crippen molar-refractivity contribution in [3.05, 3.63) is 95.1 Å². The number of nitrogens with zero attached hydrogens (tertiary/aromatic N) is 1. The molecule has 0 saturated carbocycles. The maximum absolute atomic E-state index is 12.9. The third kappa shape index (κ3) is 5.35. The molecule has 0 atom stereocenters. The number of anilines is 1. The first-order valence-corrected chi connectivity index (χ1v) is 10.1. The van der Waals surface area contributed by atoms with E-state index in [9.17, 15) is 22.8 Å². The summed E-state index contributed by atoms with van der Waals surface area (Å²) in [5.74, 6) is -2.11. The molecule has 1 heterocycles. The lowest BCUT2D eigenvalue weighted by Crippen LogP contribution is -2.22. The van der Waals surface area contributed by atoms with E-state index in [0.29, 0.717) is 17.0 Å². The number of aromatic nitrogens is 1. The van der Waals surface area contributed by atoms with Crippen molar-refractivity contribution < 1.29 is 27.5 Å². The number of ketones is 1. The number of fused-ring (bicyclic) bond motifs is 1. The van der Waals surface area contributed by atoms with Crippen LogP contribution in [0.1, 0.15) is 15.9 Å². The zero-order valence-corrected chi connectivity index (χ0v) is 17.7. The van der Waals surface area contributed by atoms with Gasteiger partial charge in [-0.1, -0.05) is 41.9 Å². The number of rotatable bonds is 6. The third-order valence-corrected chi connectivity index (χ3v) is 5.10. The number of ether oxygens (including phenoxy) is 1. The highest BCUT2D eigenvalue weighted by molar-refractivity contribution is 6.48. The Kier molecular flexibility index (Phi) is 6.11. The van der Waals surface area contributed by atoms with Crippen molar-refractivity contribution in [2.24, 2.45) is 0 Å². The maximum Gasteiger partial charge on any atom is 0.573 e. The number of para-hydroxylation sites is 1. The highest BCUT2D eigenvalue weighted by Gasteiger charge is 2.31. The van der Waals surface area contributed by atoms with Gasteiger partial charge in [-0.15, -0.1) is 13.2 Å². The van der Waals surface area contributed by atoms with E-state index in [2.05, 4.69) is 10.1 Å². The Morgan fingerprint density at radius 1 is 0.939 bits per heavy atom. The van der Waals surface area contributed by atoms with Crippen LogP contribution in [-0.4, -0.2) is 22.6 Å². The Hall–Kier alpha value is -3.78. The molecule has 0 aliphatic carbocycles. The lowest BCUT2D eigenvalue weighted by Gasteiger charge is -2.09. The van der Waals surface area contributed by atoms with Gasteiger partial charge >= 0.3 is 6.36 Å². The SMILES string of the molecule is O=C(Nc1ccc(OC(F)(F)F)cc1)C(=O)c1cn(Cc2ccc(Cl)cc2)c2ccccc12. The second kappa shape index (κ2) is 8.99. The van der Waals surface area contributed by atoms with E-state index in [-0.39, 0.29) is 11.3 Å². The summed E-state index contributed by atoms with van der Waals surface area (Å²) < 4.78 is 42.5. The Morgan fingerprint density at radius 3 is 2.27 bits per heavy atom. The van der Waals surface area contributed by atoms with Crippen LogP contribution in [-0.2, 0) is 11.3 Å². The molecular formula is C24H16ClF3N2O3. The molecule has 5 nitrogen and oxygen atoms in total. The Labute approximate surface area is 191 Å². The van der Waals surface area contributed by atoms with Gasteiger partial charge in [0.2, 0.25) is 0 Å². The van der Waals surface area contributed by atoms with Gasteiger partial charge in [0.1, 0.15) is 5.75 Å². The number of carbonyl (C=O) groups excluding carboxylic acids is 2. The van der Waals surface area contributed by atoms with Crippen molar-refractivity contribution in [3.8, 4) is 5.75 Å². The number of hydrogen-bond acceptors (Lipinski definition) is 3. The molecule has 0 fully saturated rings. The molecule has 0 aliphatic heterocycles. The largest absolute Gasteiger partial charge is 0.573 e. The summed E-state index contributed by atoms with van der Waals surface area (Å²) in [7, 11) is 0. The van der Waals surface area contributed by atoms with Crippen LogP contribution in [0.2, 0.25) is 5.02 Å². The highest BCUT2D eigenvalue weighted by Crippen LogP contribution is 2.26. The fourth-order valence-electron chi connectivity index (χ4n) is 3.40. The van der Waals surface area contributed by atoms with E-state index in [4.69, 9.17) is 11.6 Å². The van der Waals surface area contributed by atoms with E-state index < -0.39 is 23.8 Å². The number of halogens is 4. The third-order valence-electron chi connectivity index (χ3n) is 4.85. The number of carbonyl (C=O) groups is 2. The number of hydrogen-bond donors (Lipinski definition) is 1. The molecule has 1 aromatic heterocycles. The van der Waals surface area contributed by atoms with Crippen molar-refractivity contribution in [2.45, 2.75) is 12.9 Å². The molecule has 0 saturated heterocycles. The Bertz CT molecular complexity index is 1310. The summed E-state index contributed by atoms with van der Waals surface area (Å²) >= 11 is 5.94. The molecule has 4 rings (SSSR count). The molecule has 0 bridgehead atoms. The monoisotopic (exact) mass is 472 g/mol. The van der Waals surface area contributed by atoms with Gasteiger partial charge < -0.3 is 14.6 Å². The van der Waals surface area contributed by atoms with Crippen LogP contribution in [0.15, 0.2) is 79.0 Å². The molecule has 1 amide bonds. The van der Waals surface area contributed by atoms with Gasteiger partial charge in [-0.25, -0.2) is 0 Å². The second-order valence-corrected chi connectivity index (χ2v) is 7.61. The number of alkyl halides is 3. The van der Waals surface area contributed by atoms with Gasteiger partial charge in [0.25, 0.3) is 11.7 Å². The molecule has 4 aromatic rings. The predicted molar refractivity (Wildman–Crippen MR) is 119 cm³/mol. The summed E-state index contributed by atoms with van der Waals surface area (Å²) in [6.45, 7) is 0.466. The molecular weight excluding hydrogens is 457 g/mol. The van der Waals surface area contributed by atoms with E-state index >= 15 is 0 Å². The summed E-state index contributed by atoms with van der Waals surface area (Å²) in [4.78, 5) is 25.5. The molecule has 3 aromatic carbocycles. The van der Waals surface area contributed by atoms with Crippen LogP contribution >= 0.6 is 11.6 Å². The fourth-order valence-corrected chi connectivity index (χ4v) is 3.52. The van der Waals surface area contributed by atoms with Crippen LogP contribution in [0, 0.1) is 0 Å². The topological polar surface area (TPSA) is 60.3 Å². The van der Waals surface area contributed by atoms with Gasteiger partial charge in [-0.2, -0.15) is 0 Å². The minimum absolute atomic E-state index is 0.160. The summed E-state index contributed by atoms with van der Waals surface area (Å²) in [6, 6.07) is 19.0. The van der Waals surface area contributed by atoms with Crippen molar-refractivity contribution in [1.82, 2.24) is 4.57 Å². The minimum atomic E-state index is -4.82. The normalized spacial score (nSPS) is 11.4. The molecule has 0 aliphatic rings. The number of nitrogens with one attached hydrogen (secondary N) is 1. The van der Waals surface area contributed by atoms with Crippen molar-refractivity contribution >= 4 is 39.9 Å². The van der Waals surface area contributed by atoms with Gasteiger partial charge in [0.15, 0.2) is 0 Å². The van der Waals surface area contributed by atoms with Crippen LogP contribution in [0.3, 0.4) is 0 Å². The molecule has 33 heavy (non-hydrogen) atoms. The average Bonchev–Trinajstić information content (AvgIpc) is 3.13. The molecule has 0 spiro atoms. The standard InChI is InChI=1S/C24H16ClF3N2O3/c25-16-7-5-15(6-8-16)13-30-14-20(19-3-1-2-4-21(19)30)22(31)23(32)29-17-9-11-18(12-10-17)33-24(26,27)28/h1-12,14H,13H2,(H,29,32). The van der Waals surface area contributed by atoms with Gasteiger partial charge in [-0.05, 0) is 48.0 Å². The van der Waals surface area contributed by atoms with E-state index in [1.807, 2.05) is 28.8 Å². The first-order valence-electron chi connectivity index (χ1n) is 9.73. The smallest absolute Gasteiger partial charge is 0.406 e. The van der Waals surface area contributed by atoms with E-state index in [1.165, 1.54) is 12.1 Å². The fraction of sp³-hybridized carbons (Fsp3) is 0.0833. The zero-order chi connectivity index (χ0) is 23.6. The molecule has 1 N–H and O–H groups in total. The molecule has 0 unspecified atom stereocenters. The highest BCUT2D eigenvalue weighted by atomic mass is 35.5. The van der Waals surface area contributed by atoms with E-state index in [0.717, 1.165) is 23.2 Å². The first-order chi connectivity index (χ1) is 15.7. The number of amides is 1. The quantitative estimate of drug-likeness (QED) is 0.274. The van der Waals surface area contributed by atoms with Crippen LogP contribution in [0.25, 0.3) is 10.9 Å². The van der Waals surface area contributed by atoms with Crippen LogP contribution in [0.4, 0.5) is 18.9 Å². The van der Waals surface area contributed by atoms with Crippen LogP contribution in [0.5, 0.6) is 5.75 Å².